The molecule has 6 nitrogen and oxygen atoms in total. The van der Waals surface area contributed by atoms with Gasteiger partial charge in [0.15, 0.2) is 0 Å². The van der Waals surface area contributed by atoms with Crippen molar-refractivity contribution in [3.8, 4) is 0 Å². The summed E-state index contributed by atoms with van der Waals surface area (Å²) in [6, 6.07) is 10.2. The number of rotatable bonds is 5. The largest absolute Gasteiger partial charge is 0.350 e. The van der Waals surface area contributed by atoms with Gasteiger partial charge in [-0.2, -0.15) is 0 Å². The third kappa shape index (κ3) is 3.20. The second kappa shape index (κ2) is 6.87. The molecule has 3 amide bonds. The molecule has 144 valence electrons. The van der Waals surface area contributed by atoms with Gasteiger partial charge in [-0.1, -0.05) is 12.1 Å². The molecule has 3 N–H and O–H groups in total. The predicted octanol–water partition coefficient (Wildman–Crippen LogP) is 2.57. The van der Waals surface area contributed by atoms with Crippen LogP contribution in [0.3, 0.4) is 0 Å². The molecule has 0 bridgehead atoms. The van der Waals surface area contributed by atoms with Crippen LogP contribution in [0, 0.1) is 19.8 Å². The second-order valence-corrected chi connectivity index (χ2v) is 7.71. The van der Waals surface area contributed by atoms with Gasteiger partial charge in [0.25, 0.3) is 17.7 Å². The minimum absolute atomic E-state index is 0.0404. The van der Waals surface area contributed by atoms with E-state index in [0.717, 1.165) is 24.0 Å². The van der Waals surface area contributed by atoms with Crippen LogP contribution in [0.15, 0.2) is 36.4 Å². The van der Waals surface area contributed by atoms with E-state index in [4.69, 9.17) is 5.73 Å². The lowest BCUT2D eigenvalue weighted by Crippen LogP contribution is -2.38. The number of carbonyl (C=O) groups is 3. The SMILES string of the molecule is Cc1ccc(C)c(N2C(=O)c3ccc(C(=O)NCC(N)C4CC4)cc3C2=O)c1. The molecule has 1 atom stereocenters. The molecule has 1 unspecified atom stereocenters. The molecule has 0 radical (unpaired) electrons. The third-order valence-corrected chi connectivity index (χ3v) is 5.48. The number of aryl methyl sites for hydroxylation is 2. The van der Waals surface area contributed by atoms with Crippen molar-refractivity contribution in [2.75, 3.05) is 11.4 Å². The molecule has 0 aromatic heterocycles. The molecule has 28 heavy (non-hydrogen) atoms. The highest BCUT2D eigenvalue weighted by molar-refractivity contribution is 6.35. The van der Waals surface area contributed by atoms with Crippen LogP contribution in [0.4, 0.5) is 5.69 Å². The monoisotopic (exact) mass is 377 g/mol. The number of fused-ring (bicyclic) bond motifs is 1. The van der Waals surface area contributed by atoms with E-state index >= 15 is 0 Å². The van der Waals surface area contributed by atoms with Crippen LogP contribution in [-0.2, 0) is 0 Å². The number of carbonyl (C=O) groups excluding carboxylic acids is 3. The molecule has 1 saturated carbocycles. The van der Waals surface area contributed by atoms with Crippen molar-refractivity contribution in [3.63, 3.8) is 0 Å². The van der Waals surface area contributed by atoms with Crippen molar-refractivity contribution >= 4 is 23.4 Å². The lowest BCUT2D eigenvalue weighted by molar-refractivity contribution is 0.0923. The lowest BCUT2D eigenvalue weighted by atomic mass is 10.1. The number of imide groups is 1. The number of benzene rings is 2. The normalized spacial score (nSPS) is 16.9. The van der Waals surface area contributed by atoms with Crippen molar-refractivity contribution in [1.82, 2.24) is 5.32 Å². The highest BCUT2D eigenvalue weighted by Gasteiger charge is 2.38. The highest BCUT2D eigenvalue weighted by atomic mass is 16.2. The Labute approximate surface area is 163 Å². The van der Waals surface area contributed by atoms with Crippen LogP contribution in [0.5, 0.6) is 0 Å². The first-order valence-electron chi connectivity index (χ1n) is 9.50. The van der Waals surface area contributed by atoms with Crippen LogP contribution < -0.4 is 16.0 Å². The zero-order valence-electron chi connectivity index (χ0n) is 16.0. The first kappa shape index (κ1) is 18.4. The summed E-state index contributed by atoms with van der Waals surface area (Å²) < 4.78 is 0. The fourth-order valence-electron chi connectivity index (χ4n) is 3.56. The summed E-state index contributed by atoms with van der Waals surface area (Å²) >= 11 is 0. The van der Waals surface area contributed by atoms with Gasteiger partial charge in [-0.05, 0) is 68.0 Å². The first-order chi connectivity index (χ1) is 13.4. The zero-order chi connectivity index (χ0) is 20.0. The Hall–Kier alpha value is -2.99. The fourth-order valence-corrected chi connectivity index (χ4v) is 3.56. The molecule has 2 aromatic rings. The Bertz CT molecular complexity index is 995. The van der Waals surface area contributed by atoms with Crippen molar-refractivity contribution in [2.24, 2.45) is 11.7 Å². The number of hydrogen-bond acceptors (Lipinski definition) is 4. The average Bonchev–Trinajstić information content (AvgIpc) is 3.50. The van der Waals surface area contributed by atoms with E-state index in [1.807, 2.05) is 32.0 Å². The van der Waals surface area contributed by atoms with Gasteiger partial charge < -0.3 is 11.1 Å². The summed E-state index contributed by atoms with van der Waals surface area (Å²) in [5.74, 6) is -0.565. The van der Waals surface area contributed by atoms with E-state index < -0.39 is 5.91 Å². The molecule has 0 saturated heterocycles. The van der Waals surface area contributed by atoms with Crippen LogP contribution in [0.25, 0.3) is 0 Å². The lowest BCUT2D eigenvalue weighted by Gasteiger charge is -2.17. The van der Waals surface area contributed by atoms with E-state index in [1.165, 1.54) is 11.0 Å². The second-order valence-electron chi connectivity index (χ2n) is 7.71. The van der Waals surface area contributed by atoms with Crippen molar-refractivity contribution in [2.45, 2.75) is 32.7 Å². The number of nitrogens with two attached hydrogens (primary N) is 1. The van der Waals surface area contributed by atoms with Gasteiger partial charge in [-0.15, -0.1) is 0 Å². The number of anilines is 1. The molecule has 2 aliphatic rings. The maximum atomic E-state index is 13.0. The topological polar surface area (TPSA) is 92.5 Å². The average molecular weight is 377 g/mol. The van der Waals surface area contributed by atoms with Gasteiger partial charge in [-0.25, -0.2) is 4.90 Å². The van der Waals surface area contributed by atoms with Crippen molar-refractivity contribution in [3.05, 3.63) is 64.2 Å². The van der Waals surface area contributed by atoms with Crippen LogP contribution in [0.1, 0.15) is 55.0 Å². The quantitative estimate of drug-likeness (QED) is 0.784. The molecule has 6 heteroatoms. The van der Waals surface area contributed by atoms with Gasteiger partial charge >= 0.3 is 0 Å². The molecular formula is C22H23N3O3. The van der Waals surface area contributed by atoms with Crippen molar-refractivity contribution in [1.29, 1.82) is 0 Å². The van der Waals surface area contributed by atoms with Crippen LogP contribution in [0.2, 0.25) is 0 Å². The third-order valence-electron chi connectivity index (χ3n) is 5.48. The van der Waals surface area contributed by atoms with E-state index in [9.17, 15) is 14.4 Å². The highest BCUT2D eigenvalue weighted by Crippen LogP contribution is 2.32. The molecule has 1 aliphatic heterocycles. The minimum atomic E-state index is -0.405. The summed E-state index contributed by atoms with van der Waals surface area (Å²) in [5, 5.41) is 2.82. The number of nitrogens with one attached hydrogen (secondary N) is 1. The maximum Gasteiger partial charge on any atom is 0.266 e. The zero-order valence-corrected chi connectivity index (χ0v) is 16.0. The Morgan fingerprint density at radius 2 is 1.82 bits per heavy atom. The predicted molar refractivity (Wildman–Crippen MR) is 107 cm³/mol. The van der Waals surface area contributed by atoms with Crippen LogP contribution >= 0.6 is 0 Å². The fraction of sp³-hybridized carbons (Fsp3) is 0.318. The Balaban J connectivity index is 1.58. The summed E-state index contributed by atoms with van der Waals surface area (Å²) in [4.78, 5) is 39.4. The summed E-state index contributed by atoms with van der Waals surface area (Å²) in [5.41, 5.74) is 9.33. The molecular weight excluding hydrogens is 354 g/mol. The van der Waals surface area contributed by atoms with Crippen LogP contribution in [-0.4, -0.2) is 30.3 Å². The number of amides is 3. The van der Waals surface area contributed by atoms with Gasteiger partial charge in [0.2, 0.25) is 0 Å². The molecule has 0 spiro atoms. The Morgan fingerprint density at radius 1 is 1.11 bits per heavy atom. The molecule has 1 heterocycles. The van der Waals surface area contributed by atoms with Gasteiger partial charge in [0.05, 0.1) is 16.8 Å². The maximum absolute atomic E-state index is 13.0. The molecule has 1 aliphatic carbocycles. The van der Waals surface area contributed by atoms with Gasteiger partial charge in [0.1, 0.15) is 0 Å². The van der Waals surface area contributed by atoms with E-state index in [0.29, 0.717) is 29.3 Å². The van der Waals surface area contributed by atoms with Gasteiger partial charge in [-0.3, -0.25) is 14.4 Å². The molecule has 4 rings (SSSR count). The van der Waals surface area contributed by atoms with E-state index in [-0.39, 0.29) is 23.4 Å². The minimum Gasteiger partial charge on any atom is -0.350 e. The molecule has 1 fully saturated rings. The summed E-state index contributed by atoms with van der Waals surface area (Å²) in [7, 11) is 0. The summed E-state index contributed by atoms with van der Waals surface area (Å²) in [6.07, 6.45) is 2.22. The Kier molecular flexibility index (Phi) is 4.51. The van der Waals surface area contributed by atoms with E-state index in [1.54, 1.807) is 12.1 Å². The van der Waals surface area contributed by atoms with E-state index in [2.05, 4.69) is 5.32 Å². The van der Waals surface area contributed by atoms with Crippen molar-refractivity contribution < 1.29 is 14.4 Å². The smallest absolute Gasteiger partial charge is 0.266 e. The number of nitrogens with zero attached hydrogens (tertiary/aromatic N) is 1. The summed E-state index contributed by atoms with van der Waals surface area (Å²) in [6.45, 7) is 4.18. The number of hydrogen-bond donors (Lipinski definition) is 2. The molecule has 2 aromatic carbocycles. The Morgan fingerprint density at radius 3 is 2.54 bits per heavy atom. The standard InChI is InChI=1S/C22H23N3O3/c1-12-3-4-13(2)19(9-12)25-21(27)16-8-7-15(10-17(16)22(25)28)20(26)24-11-18(23)14-5-6-14/h3-4,7-10,14,18H,5-6,11,23H2,1-2H3,(H,24,26). The first-order valence-corrected chi connectivity index (χ1v) is 9.50. The van der Waals surface area contributed by atoms with Gasteiger partial charge in [0, 0.05) is 18.2 Å².